The van der Waals surface area contributed by atoms with Crippen LogP contribution in [0.2, 0.25) is 19.6 Å². The van der Waals surface area contributed by atoms with Crippen LogP contribution < -0.4 is 0 Å². The van der Waals surface area contributed by atoms with Gasteiger partial charge in [-0.05, 0) is 112 Å². The summed E-state index contributed by atoms with van der Waals surface area (Å²) >= 11 is 0. The molecule has 0 N–H and O–H groups in total. The maximum Gasteiger partial charge on any atom is 0.184 e. The molecule has 0 spiro atoms. The van der Waals surface area contributed by atoms with Crippen LogP contribution in [0.15, 0.2) is 11.6 Å². The number of hydrogen-bond donors (Lipinski definition) is 0. The van der Waals surface area contributed by atoms with Gasteiger partial charge in [-0.15, -0.1) is 0 Å². The number of carbonyl (C=O) groups is 1. The largest absolute Gasteiger partial charge is 0.415 e. The molecule has 0 radical (unpaired) electrons. The molecule has 0 aromatic carbocycles. The Kier molecular flexibility index (Phi) is 4.83. The van der Waals surface area contributed by atoms with Gasteiger partial charge in [-0.3, -0.25) is 4.79 Å². The van der Waals surface area contributed by atoms with Crippen molar-refractivity contribution in [2.45, 2.75) is 97.9 Å². The molecule has 4 rings (SSSR count). The summed E-state index contributed by atoms with van der Waals surface area (Å²) in [6.07, 6.45) is 12.3. The molecule has 4 aliphatic carbocycles. The van der Waals surface area contributed by atoms with Gasteiger partial charge in [0.1, 0.15) is 0 Å². The van der Waals surface area contributed by atoms with Gasteiger partial charge in [-0.2, -0.15) is 0 Å². The van der Waals surface area contributed by atoms with E-state index in [1.807, 2.05) is 6.08 Å². The van der Waals surface area contributed by atoms with Crippen LogP contribution in [0.4, 0.5) is 0 Å². The van der Waals surface area contributed by atoms with Crippen molar-refractivity contribution in [1.82, 2.24) is 0 Å². The minimum atomic E-state index is -1.49. The molecule has 1 unspecified atom stereocenters. The lowest BCUT2D eigenvalue weighted by molar-refractivity contribution is -0.117. The predicted octanol–water partition coefficient (Wildman–Crippen LogP) is 6.37. The smallest absolute Gasteiger partial charge is 0.184 e. The first-order valence-electron chi connectivity index (χ1n) is 11.5. The lowest BCUT2D eigenvalue weighted by Gasteiger charge is -2.58. The molecule has 152 valence electrons. The summed E-state index contributed by atoms with van der Waals surface area (Å²) in [4.78, 5) is 12.0. The van der Waals surface area contributed by atoms with Crippen molar-refractivity contribution in [1.29, 1.82) is 0 Å². The maximum atomic E-state index is 12.0. The monoisotopic (exact) mass is 388 g/mol. The van der Waals surface area contributed by atoms with Crippen LogP contribution in [0.5, 0.6) is 0 Å². The highest BCUT2D eigenvalue weighted by atomic mass is 28.4. The van der Waals surface area contributed by atoms with Gasteiger partial charge in [0.05, 0.1) is 0 Å². The van der Waals surface area contributed by atoms with Crippen molar-refractivity contribution in [2.75, 3.05) is 0 Å². The van der Waals surface area contributed by atoms with E-state index in [2.05, 4.69) is 40.4 Å². The Balaban J connectivity index is 1.57. The van der Waals surface area contributed by atoms with Gasteiger partial charge in [-0.25, -0.2) is 0 Å². The highest BCUT2D eigenvalue weighted by molar-refractivity contribution is 6.69. The first kappa shape index (κ1) is 19.9. The van der Waals surface area contributed by atoms with Gasteiger partial charge in [-0.1, -0.05) is 19.4 Å². The summed E-state index contributed by atoms with van der Waals surface area (Å²) in [7, 11) is -1.49. The Morgan fingerprint density at radius 3 is 2.48 bits per heavy atom. The third-order valence-corrected chi connectivity index (χ3v) is 10.2. The maximum absolute atomic E-state index is 12.0. The van der Waals surface area contributed by atoms with Crippen molar-refractivity contribution in [2.24, 2.45) is 34.5 Å². The minimum Gasteiger partial charge on any atom is -0.415 e. The van der Waals surface area contributed by atoms with E-state index in [1.165, 1.54) is 44.1 Å². The summed E-state index contributed by atoms with van der Waals surface area (Å²) < 4.78 is 6.58. The first-order valence-corrected chi connectivity index (χ1v) is 14.9. The van der Waals surface area contributed by atoms with E-state index < -0.39 is 8.32 Å². The van der Waals surface area contributed by atoms with Gasteiger partial charge < -0.3 is 4.43 Å². The van der Waals surface area contributed by atoms with Gasteiger partial charge in [0.15, 0.2) is 14.1 Å². The Bertz CT molecular complexity index is 647. The molecule has 0 saturated heterocycles. The fourth-order valence-corrected chi connectivity index (χ4v) is 9.29. The van der Waals surface area contributed by atoms with Crippen molar-refractivity contribution >= 4 is 14.1 Å². The average Bonchev–Trinajstić information content (AvgIpc) is 2.91. The van der Waals surface area contributed by atoms with Crippen LogP contribution in [-0.2, 0) is 9.22 Å². The SMILES string of the molecule is CC(O[Si](C)(C)C)[C@H]1CC[C@H]2[C@@H]3CCC4=CC(=O)CC[C@]4(C)[C@H]3CC[C@]12C. The zero-order valence-electron chi connectivity index (χ0n) is 18.4. The van der Waals surface area contributed by atoms with Crippen molar-refractivity contribution in [3.63, 3.8) is 0 Å². The number of ketones is 1. The van der Waals surface area contributed by atoms with Gasteiger partial charge in [0.2, 0.25) is 0 Å². The Labute approximate surface area is 167 Å². The lowest BCUT2D eigenvalue weighted by Crippen LogP contribution is -2.51. The van der Waals surface area contributed by atoms with Crippen LogP contribution in [0.3, 0.4) is 0 Å². The highest BCUT2D eigenvalue weighted by Gasteiger charge is 2.59. The van der Waals surface area contributed by atoms with E-state index in [-0.39, 0.29) is 0 Å². The molecule has 2 nitrogen and oxygen atoms in total. The van der Waals surface area contributed by atoms with Gasteiger partial charge in [0, 0.05) is 12.5 Å². The Morgan fingerprint density at radius 2 is 1.78 bits per heavy atom. The number of carbonyl (C=O) groups excluding carboxylic acids is 1. The molecule has 0 amide bonds. The zero-order valence-corrected chi connectivity index (χ0v) is 19.4. The van der Waals surface area contributed by atoms with E-state index in [9.17, 15) is 4.79 Å². The molecule has 27 heavy (non-hydrogen) atoms. The lowest BCUT2D eigenvalue weighted by atomic mass is 9.46. The predicted molar refractivity (Wildman–Crippen MR) is 114 cm³/mol. The van der Waals surface area contributed by atoms with E-state index in [4.69, 9.17) is 4.43 Å². The van der Waals surface area contributed by atoms with Gasteiger partial charge in [0.25, 0.3) is 0 Å². The number of allylic oxidation sites excluding steroid dienone is 1. The summed E-state index contributed by atoms with van der Waals surface area (Å²) in [5, 5.41) is 0. The standard InChI is InChI=1S/C24H40O2Si/c1-16(26-27(4,5)6)20-9-10-21-19-8-7-17-15-18(25)11-13-23(17,2)22(19)12-14-24(20,21)3/h15-16,19-22H,7-14H2,1-6H3/t16?,19-,20+,21-,22-,23-,24+/m0/s1. The van der Waals surface area contributed by atoms with Crippen molar-refractivity contribution in [3.05, 3.63) is 11.6 Å². The third kappa shape index (κ3) is 3.21. The Hall–Kier alpha value is -0.413. The topological polar surface area (TPSA) is 26.3 Å². The van der Waals surface area contributed by atoms with Gasteiger partial charge >= 0.3 is 0 Å². The molecular formula is C24H40O2Si. The van der Waals surface area contributed by atoms with Crippen LogP contribution in [0.25, 0.3) is 0 Å². The molecular weight excluding hydrogens is 348 g/mol. The highest BCUT2D eigenvalue weighted by Crippen LogP contribution is 2.67. The third-order valence-electron chi connectivity index (χ3n) is 9.14. The van der Waals surface area contributed by atoms with Crippen molar-refractivity contribution < 1.29 is 9.22 Å². The second-order valence-corrected chi connectivity index (χ2v) is 16.1. The van der Waals surface area contributed by atoms with E-state index in [1.54, 1.807) is 0 Å². The molecule has 0 aromatic rings. The quantitative estimate of drug-likeness (QED) is 0.525. The fraction of sp³-hybridized carbons (Fsp3) is 0.875. The van der Waals surface area contributed by atoms with E-state index in [0.717, 1.165) is 36.5 Å². The van der Waals surface area contributed by atoms with Crippen LogP contribution in [0, 0.1) is 34.5 Å². The molecule has 3 saturated carbocycles. The zero-order chi connectivity index (χ0) is 19.6. The summed E-state index contributed by atoms with van der Waals surface area (Å²) in [5.74, 6) is 3.64. The Morgan fingerprint density at radius 1 is 1.04 bits per heavy atom. The molecule has 7 atom stereocenters. The molecule has 3 fully saturated rings. The summed E-state index contributed by atoms with van der Waals surface area (Å²) in [6.45, 7) is 14.4. The molecule has 0 aromatic heterocycles. The van der Waals surface area contributed by atoms with Crippen LogP contribution in [-0.4, -0.2) is 20.2 Å². The summed E-state index contributed by atoms with van der Waals surface area (Å²) in [5.41, 5.74) is 2.26. The fourth-order valence-electron chi connectivity index (χ4n) is 8.01. The molecule has 0 heterocycles. The first-order chi connectivity index (χ1) is 12.5. The van der Waals surface area contributed by atoms with E-state index in [0.29, 0.717) is 22.7 Å². The molecule has 4 aliphatic rings. The average molecular weight is 389 g/mol. The van der Waals surface area contributed by atoms with E-state index >= 15 is 0 Å². The molecule has 3 heteroatoms. The molecule has 0 bridgehead atoms. The second-order valence-electron chi connectivity index (χ2n) is 11.6. The minimum absolute atomic E-state index is 0.302. The second kappa shape index (κ2) is 6.55. The van der Waals surface area contributed by atoms with Crippen LogP contribution in [0.1, 0.15) is 72.1 Å². The normalized spacial score (nSPS) is 45.6. The summed E-state index contributed by atoms with van der Waals surface area (Å²) in [6, 6.07) is 0. The number of hydrogen-bond acceptors (Lipinski definition) is 2. The number of fused-ring (bicyclic) bond motifs is 5. The number of rotatable bonds is 3. The van der Waals surface area contributed by atoms with Crippen molar-refractivity contribution in [3.8, 4) is 0 Å². The molecule has 0 aliphatic heterocycles. The van der Waals surface area contributed by atoms with Crippen LogP contribution >= 0.6 is 0 Å².